The molecule has 5 heterocycles. The number of thiophene rings is 1. The van der Waals surface area contributed by atoms with Crippen LogP contribution in [0.4, 0.5) is 5.95 Å². The van der Waals surface area contributed by atoms with Crippen molar-refractivity contribution in [2.24, 2.45) is 0 Å². The Morgan fingerprint density at radius 2 is 1.88 bits per heavy atom. The molecule has 0 saturated carbocycles. The molecule has 178 valence electrons. The fourth-order valence-electron chi connectivity index (χ4n) is 4.45. The Morgan fingerprint density at radius 1 is 1.09 bits per heavy atom. The molecule has 0 N–H and O–H groups in total. The lowest BCUT2D eigenvalue weighted by Crippen LogP contribution is -2.49. The molecule has 10 nitrogen and oxygen atoms in total. The number of piperazine rings is 1. The summed E-state index contributed by atoms with van der Waals surface area (Å²) >= 11 is 1.44. The maximum atomic E-state index is 13.0. The molecular weight excluding hydrogens is 452 g/mol. The normalized spacial score (nSPS) is 14.4. The number of amides is 1. The third-order valence-corrected chi connectivity index (χ3v) is 7.19. The zero-order valence-electron chi connectivity index (χ0n) is 19.3. The molecule has 0 radical (unpaired) electrons. The van der Waals surface area contributed by atoms with E-state index in [1.165, 1.54) is 11.3 Å². The van der Waals surface area contributed by atoms with E-state index in [1.807, 2.05) is 20.7 Å². The van der Waals surface area contributed by atoms with Gasteiger partial charge >= 0.3 is 0 Å². The molecule has 0 aliphatic carbocycles. The maximum absolute atomic E-state index is 13.0. The number of hydrogen-bond donors (Lipinski definition) is 0. The van der Waals surface area contributed by atoms with Crippen LogP contribution < -0.4 is 10.5 Å². The first-order valence-corrected chi connectivity index (χ1v) is 12.7. The Hall–Kier alpha value is -3.34. The van der Waals surface area contributed by atoms with Crippen LogP contribution in [-0.2, 0) is 17.8 Å². The molecule has 0 atom stereocenters. The fourth-order valence-corrected chi connectivity index (χ4v) is 5.28. The van der Waals surface area contributed by atoms with Gasteiger partial charge in [-0.25, -0.2) is 9.97 Å². The summed E-state index contributed by atoms with van der Waals surface area (Å²) in [5.74, 6) is 2.08. The fraction of sp³-hybridized carbons (Fsp3) is 0.478. The van der Waals surface area contributed by atoms with E-state index < -0.39 is 0 Å². The Labute approximate surface area is 200 Å². The van der Waals surface area contributed by atoms with Gasteiger partial charge < -0.3 is 9.80 Å². The van der Waals surface area contributed by atoms with Crippen LogP contribution in [0.1, 0.15) is 38.4 Å². The molecule has 0 aromatic carbocycles. The van der Waals surface area contributed by atoms with Gasteiger partial charge in [-0.3, -0.25) is 18.6 Å². The molecule has 4 aromatic heterocycles. The van der Waals surface area contributed by atoms with Crippen LogP contribution in [0.25, 0.3) is 16.0 Å². The quantitative estimate of drug-likeness (QED) is 0.357. The third-order valence-electron chi connectivity index (χ3n) is 6.29. The van der Waals surface area contributed by atoms with Crippen molar-refractivity contribution < 1.29 is 4.79 Å². The highest BCUT2D eigenvalue weighted by Crippen LogP contribution is 2.21. The summed E-state index contributed by atoms with van der Waals surface area (Å²) in [6.07, 6.45) is 7.35. The van der Waals surface area contributed by atoms with E-state index in [0.29, 0.717) is 67.8 Å². The zero-order valence-corrected chi connectivity index (χ0v) is 20.1. The molecule has 1 aliphatic rings. The highest BCUT2D eigenvalue weighted by Gasteiger charge is 2.23. The Balaban J connectivity index is 1.30. The minimum absolute atomic E-state index is 0.0103. The smallest absolute Gasteiger partial charge is 0.272 e. The van der Waals surface area contributed by atoms with Crippen LogP contribution in [0.15, 0.2) is 34.7 Å². The SMILES string of the molecule is CCCCCn1c(=O)c2sccc2n2c(CCC(=O)N3CCN(c4ncccn4)CC3)nnc12. The summed E-state index contributed by atoms with van der Waals surface area (Å²) in [6, 6.07) is 3.73. The predicted octanol–water partition coefficient (Wildman–Crippen LogP) is 2.37. The van der Waals surface area contributed by atoms with Crippen LogP contribution in [0.2, 0.25) is 0 Å². The summed E-state index contributed by atoms with van der Waals surface area (Å²) in [4.78, 5) is 38.6. The van der Waals surface area contributed by atoms with E-state index in [1.54, 1.807) is 23.0 Å². The maximum Gasteiger partial charge on any atom is 0.272 e. The number of hydrogen-bond acceptors (Lipinski definition) is 8. The van der Waals surface area contributed by atoms with E-state index in [4.69, 9.17) is 0 Å². The van der Waals surface area contributed by atoms with Gasteiger partial charge in [0.05, 0.1) is 5.52 Å². The number of unbranched alkanes of at least 4 members (excludes halogenated alkanes) is 2. The Bertz CT molecular complexity index is 1340. The van der Waals surface area contributed by atoms with E-state index in [2.05, 4.69) is 32.0 Å². The second kappa shape index (κ2) is 9.88. The number of aryl methyl sites for hydroxylation is 2. The molecule has 0 unspecified atom stereocenters. The second-order valence-electron chi connectivity index (χ2n) is 8.47. The van der Waals surface area contributed by atoms with Crippen LogP contribution in [0.5, 0.6) is 0 Å². The van der Waals surface area contributed by atoms with Crippen LogP contribution >= 0.6 is 11.3 Å². The predicted molar refractivity (Wildman–Crippen MR) is 131 cm³/mol. The number of fused-ring (bicyclic) bond motifs is 3. The largest absolute Gasteiger partial charge is 0.339 e. The van der Waals surface area contributed by atoms with Crippen molar-refractivity contribution >= 4 is 39.2 Å². The van der Waals surface area contributed by atoms with Gasteiger partial charge in [0.15, 0.2) is 0 Å². The van der Waals surface area contributed by atoms with Crippen molar-refractivity contribution in [3.05, 3.63) is 46.1 Å². The van der Waals surface area contributed by atoms with Crippen molar-refractivity contribution in [1.29, 1.82) is 0 Å². The first-order valence-electron chi connectivity index (χ1n) is 11.8. The van der Waals surface area contributed by atoms with E-state index >= 15 is 0 Å². The average molecular weight is 481 g/mol. The van der Waals surface area contributed by atoms with Gasteiger partial charge in [-0.2, -0.15) is 0 Å². The first kappa shape index (κ1) is 22.5. The Kier molecular flexibility index (Phi) is 6.52. The Morgan fingerprint density at radius 3 is 2.65 bits per heavy atom. The monoisotopic (exact) mass is 480 g/mol. The minimum Gasteiger partial charge on any atom is -0.339 e. The molecule has 1 aliphatic heterocycles. The van der Waals surface area contributed by atoms with Crippen molar-refractivity contribution in [2.75, 3.05) is 31.1 Å². The number of rotatable bonds is 8. The summed E-state index contributed by atoms with van der Waals surface area (Å²) < 4.78 is 4.39. The van der Waals surface area contributed by atoms with Crippen LogP contribution in [-0.4, -0.2) is 66.1 Å². The molecule has 11 heteroatoms. The molecule has 1 saturated heterocycles. The van der Waals surface area contributed by atoms with Crippen molar-refractivity contribution in [1.82, 2.24) is 34.0 Å². The summed E-state index contributed by atoms with van der Waals surface area (Å²) in [5.41, 5.74) is 0.810. The van der Waals surface area contributed by atoms with Crippen LogP contribution in [0.3, 0.4) is 0 Å². The van der Waals surface area contributed by atoms with Crippen molar-refractivity contribution in [3.8, 4) is 0 Å². The van der Waals surface area contributed by atoms with Crippen molar-refractivity contribution in [3.63, 3.8) is 0 Å². The molecule has 34 heavy (non-hydrogen) atoms. The first-order chi connectivity index (χ1) is 16.7. The number of anilines is 1. The molecule has 0 spiro atoms. The van der Waals surface area contributed by atoms with Gasteiger partial charge in [0.25, 0.3) is 5.56 Å². The van der Waals surface area contributed by atoms with Gasteiger partial charge in [-0.05, 0) is 23.9 Å². The lowest BCUT2D eigenvalue weighted by Gasteiger charge is -2.34. The lowest BCUT2D eigenvalue weighted by molar-refractivity contribution is -0.131. The third kappa shape index (κ3) is 4.27. The minimum atomic E-state index is -0.0103. The van der Waals surface area contributed by atoms with Gasteiger partial charge in [-0.15, -0.1) is 21.5 Å². The second-order valence-corrected chi connectivity index (χ2v) is 9.38. The standard InChI is InChI=1S/C23H28N8O2S/c1-2-3-4-11-30-21(33)20-17(8-16-34-20)31-18(26-27-23(30)31)6-7-19(32)28-12-14-29(15-13-28)22-24-9-5-10-25-22/h5,8-10,16H,2-4,6-7,11-15H2,1H3. The number of carbonyl (C=O) groups is 1. The number of carbonyl (C=O) groups excluding carboxylic acids is 1. The highest BCUT2D eigenvalue weighted by atomic mass is 32.1. The summed E-state index contributed by atoms with van der Waals surface area (Å²) in [7, 11) is 0. The summed E-state index contributed by atoms with van der Waals surface area (Å²) in [5, 5.41) is 10.7. The zero-order chi connectivity index (χ0) is 23.5. The molecule has 1 amide bonds. The molecule has 5 rings (SSSR count). The van der Waals surface area contributed by atoms with Gasteiger partial charge in [-0.1, -0.05) is 19.8 Å². The average Bonchev–Trinajstić information content (AvgIpc) is 3.53. The molecule has 1 fully saturated rings. The van der Waals surface area contributed by atoms with Gasteiger partial charge in [0, 0.05) is 58.0 Å². The van der Waals surface area contributed by atoms with Gasteiger partial charge in [0.1, 0.15) is 10.5 Å². The van der Waals surface area contributed by atoms with Crippen molar-refractivity contribution in [2.45, 2.75) is 45.6 Å². The lowest BCUT2D eigenvalue weighted by atomic mass is 10.2. The van der Waals surface area contributed by atoms with E-state index in [0.717, 1.165) is 24.8 Å². The van der Waals surface area contributed by atoms with E-state index in [9.17, 15) is 9.59 Å². The highest BCUT2D eigenvalue weighted by molar-refractivity contribution is 7.17. The topological polar surface area (TPSA) is 102 Å². The summed E-state index contributed by atoms with van der Waals surface area (Å²) in [6.45, 7) is 5.47. The van der Waals surface area contributed by atoms with Gasteiger partial charge in [0.2, 0.25) is 17.6 Å². The number of nitrogens with zero attached hydrogens (tertiary/aromatic N) is 8. The molecule has 4 aromatic rings. The number of aromatic nitrogens is 6. The van der Waals surface area contributed by atoms with Crippen LogP contribution in [0, 0.1) is 0 Å². The molecule has 0 bridgehead atoms. The molecular formula is C23H28N8O2S. The van der Waals surface area contributed by atoms with E-state index in [-0.39, 0.29) is 11.5 Å².